The lowest BCUT2D eigenvalue weighted by atomic mass is 9.75. The largest absolute Gasteiger partial charge is 0.342 e. The van der Waals surface area contributed by atoms with Gasteiger partial charge in [-0.1, -0.05) is 11.3 Å². The molecule has 0 aromatic carbocycles. The highest BCUT2D eigenvalue weighted by Crippen LogP contribution is 2.37. The smallest absolute Gasteiger partial charge is 0.227 e. The molecule has 2 bridgehead atoms. The molecule has 3 aliphatic heterocycles. The van der Waals surface area contributed by atoms with E-state index in [-0.39, 0.29) is 17.6 Å². The van der Waals surface area contributed by atoms with Crippen LogP contribution in [0, 0.1) is 11.8 Å². The Balaban J connectivity index is 1.63. The Labute approximate surface area is 142 Å². The third-order valence-corrected chi connectivity index (χ3v) is 5.27. The lowest BCUT2D eigenvalue weighted by molar-refractivity contribution is -0.142. The van der Waals surface area contributed by atoms with E-state index in [4.69, 9.17) is 0 Å². The zero-order chi connectivity index (χ0) is 17.3. The van der Waals surface area contributed by atoms with Crippen molar-refractivity contribution in [3.63, 3.8) is 0 Å². The van der Waals surface area contributed by atoms with Gasteiger partial charge in [-0.25, -0.2) is 0 Å². The minimum absolute atomic E-state index is 0.0670. The number of hydrogen-bond donors (Lipinski definition) is 0. The Morgan fingerprint density at radius 3 is 2.88 bits per heavy atom. The first-order chi connectivity index (χ1) is 11.5. The van der Waals surface area contributed by atoms with Crippen molar-refractivity contribution in [2.45, 2.75) is 32.4 Å². The van der Waals surface area contributed by atoms with E-state index in [0.717, 1.165) is 32.5 Å². The van der Waals surface area contributed by atoms with Crippen molar-refractivity contribution < 1.29 is 9.59 Å². The van der Waals surface area contributed by atoms with E-state index in [0.29, 0.717) is 24.2 Å². The van der Waals surface area contributed by atoms with Gasteiger partial charge < -0.3 is 4.90 Å². The van der Waals surface area contributed by atoms with Crippen LogP contribution < -0.4 is 0 Å². The van der Waals surface area contributed by atoms with Crippen molar-refractivity contribution in [2.75, 3.05) is 26.7 Å². The number of ketones is 1. The normalized spacial score (nSPS) is 28.6. The summed E-state index contributed by atoms with van der Waals surface area (Å²) in [5.74, 6) is 0.671. The summed E-state index contributed by atoms with van der Waals surface area (Å²) in [6.07, 6.45) is 5.55. The molecule has 130 valence electrons. The molecule has 7 nitrogen and oxygen atoms in total. The SMILES string of the molecule is C=CCN(C)C(=O)[C@H]1CN2CC[C@H]1C[C@@H]2Cn1cc(C(C)=O)nn1. The van der Waals surface area contributed by atoms with Crippen molar-refractivity contribution in [2.24, 2.45) is 11.8 Å². The standard InChI is InChI=1S/C17H25N5O2/c1-4-6-20(3)17(24)15-10-21-7-5-13(15)8-14(21)9-22-11-16(12(2)23)18-19-22/h4,11,13-15H,1,5-10H2,2-3H3/t13-,14+,15-/m0/s1. The molecule has 1 unspecified atom stereocenters. The summed E-state index contributed by atoms with van der Waals surface area (Å²) < 4.78 is 1.75. The number of carbonyl (C=O) groups excluding carboxylic acids is 2. The molecule has 0 spiro atoms. The van der Waals surface area contributed by atoms with Crippen molar-refractivity contribution in [1.29, 1.82) is 0 Å². The molecule has 1 amide bonds. The van der Waals surface area contributed by atoms with Crippen LogP contribution in [0.1, 0.15) is 30.3 Å². The Morgan fingerprint density at radius 2 is 2.29 bits per heavy atom. The Bertz CT molecular complexity index is 641. The Kier molecular flexibility index (Phi) is 4.80. The summed E-state index contributed by atoms with van der Waals surface area (Å²) in [7, 11) is 1.85. The maximum Gasteiger partial charge on any atom is 0.227 e. The van der Waals surface area contributed by atoms with Gasteiger partial charge in [0.15, 0.2) is 5.78 Å². The van der Waals surface area contributed by atoms with Crippen LogP contribution in [0.25, 0.3) is 0 Å². The number of nitrogens with zero attached hydrogens (tertiary/aromatic N) is 5. The predicted molar refractivity (Wildman–Crippen MR) is 89.4 cm³/mol. The van der Waals surface area contributed by atoms with Crippen molar-refractivity contribution in [3.8, 4) is 0 Å². The van der Waals surface area contributed by atoms with Crippen LogP contribution in [0.3, 0.4) is 0 Å². The highest BCUT2D eigenvalue weighted by Gasteiger charge is 2.43. The van der Waals surface area contributed by atoms with Gasteiger partial charge in [-0.3, -0.25) is 19.2 Å². The molecule has 1 aromatic rings. The maximum absolute atomic E-state index is 12.6. The van der Waals surface area contributed by atoms with Gasteiger partial charge >= 0.3 is 0 Å². The quantitative estimate of drug-likeness (QED) is 0.570. The van der Waals surface area contributed by atoms with Crippen LogP contribution in [-0.4, -0.2) is 69.2 Å². The molecular formula is C17H25N5O2. The zero-order valence-electron chi connectivity index (χ0n) is 14.4. The lowest BCUT2D eigenvalue weighted by Gasteiger charge is -2.49. The first-order valence-electron chi connectivity index (χ1n) is 8.50. The monoisotopic (exact) mass is 331 g/mol. The van der Waals surface area contributed by atoms with Gasteiger partial charge in [0.2, 0.25) is 5.91 Å². The summed E-state index contributed by atoms with van der Waals surface area (Å²) in [6.45, 7) is 8.36. The summed E-state index contributed by atoms with van der Waals surface area (Å²) >= 11 is 0. The number of likely N-dealkylation sites (N-methyl/N-ethyl adjacent to an activating group) is 1. The van der Waals surface area contributed by atoms with Crippen LogP contribution in [0.2, 0.25) is 0 Å². The topological polar surface area (TPSA) is 71.3 Å². The molecule has 4 atom stereocenters. The van der Waals surface area contributed by atoms with Gasteiger partial charge in [0, 0.05) is 33.1 Å². The van der Waals surface area contributed by atoms with Crippen molar-refractivity contribution >= 4 is 11.7 Å². The molecule has 0 saturated carbocycles. The third kappa shape index (κ3) is 3.26. The van der Waals surface area contributed by atoms with Gasteiger partial charge in [-0.05, 0) is 25.3 Å². The maximum atomic E-state index is 12.6. The summed E-state index contributed by atoms with van der Waals surface area (Å²) in [5, 5.41) is 7.96. The van der Waals surface area contributed by atoms with Crippen LogP contribution in [0.15, 0.2) is 18.9 Å². The zero-order valence-corrected chi connectivity index (χ0v) is 14.4. The van der Waals surface area contributed by atoms with Crippen LogP contribution in [-0.2, 0) is 11.3 Å². The predicted octanol–water partition coefficient (Wildman–Crippen LogP) is 0.835. The number of Topliss-reactive ketones (excluding diaryl/α,β-unsaturated/α-hetero) is 1. The number of fused-ring (bicyclic) bond motifs is 3. The number of piperidine rings is 3. The van der Waals surface area contributed by atoms with E-state index in [1.165, 1.54) is 6.92 Å². The van der Waals surface area contributed by atoms with Gasteiger partial charge in [0.1, 0.15) is 5.69 Å². The highest BCUT2D eigenvalue weighted by atomic mass is 16.2. The van der Waals surface area contributed by atoms with E-state index in [1.807, 2.05) is 7.05 Å². The number of carbonyl (C=O) groups is 2. The fourth-order valence-corrected chi connectivity index (χ4v) is 3.94. The van der Waals surface area contributed by atoms with Crippen molar-refractivity contribution in [3.05, 3.63) is 24.5 Å². The molecule has 1 aromatic heterocycles. The lowest BCUT2D eigenvalue weighted by Crippen LogP contribution is -2.58. The molecular weight excluding hydrogens is 306 g/mol. The fourth-order valence-electron chi connectivity index (χ4n) is 3.94. The van der Waals surface area contributed by atoms with Gasteiger partial charge in [0.25, 0.3) is 0 Å². The van der Waals surface area contributed by atoms with Gasteiger partial charge in [0.05, 0.1) is 18.7 Å². The van der Waals surface area contributed by atoms with Crippen molar-refractivity contribution in [1.82, 2.24) is 24.8 Å². The number of aromatic nitrogens is 3. The first kappa shape index (κ1) is 16.8. The Hall–Kier alpha value is -2.02. The molecule has 0 aliphatic carbocycles. The first-order valence-corrected chi connectivity index (χ1v) is 8.50. The highest BCUT2D eigenvalue weighted by molar-refractivity contribution is 5.91. The summed E-state index contributed by atoms with van der Waals surface area (Å²) in [6, 6.07) is 0.360. The molecule has 4 rings (SSSR count). The number of amides is 1. The minimum Gasteiger partial charge on any atom is -0.342 e. The Morgan fingerprint density at radius 1 is 1.50 bits per heavy atom. The van der Waals surface area contributed by atoms with E-state index in [1.54, 1.807) is 21.9 Å². The number of rotatable bonds is 6. The molecule has 24 heavy (non-hydrogen) atoms. The van der Waals surface area contributed by atoms with Gasteiger partial charge in [-0.2, -0.15) is 0 Å². The van der Waals surface area contributed by atoms with Gasteiger partial charge in [-0.15, -0.1) is 11.7 Å². The molecule has 3 aliphatic rings. The second-order valence-corrected chi connectivity index (χ2v) is 6.93. The average molecular weight is 331 g/mol. The molecule has 0 N–H and O–H groups in total. The second kappa shape index (κ2) is 6.84. The van der Waals surface area contributed by atoms with E-state index in [2.05, 4.69) is 21.8 Å². The summed E-state index contributed by atoms with van der Waals surface area (Å²) in [5.41, 5.74) is 0.407. The molecule has 3 saturated heterocycles. The van der Waals surface area contributed by atoms with Crippen LogP contribution >= 0.6 is 0 Å². The van der Waals surface area contributed by atoms with Crippen LogP contribution in [0.4, 0.5) is 0 Å². The van der Waals surface area contributed by atoms with E-state index in [9.17, 15) is 9.59 Å². The van der Waals surface area contributed by atoms with E-state index < -0.39 is 0 Å². The molecule has 7 heteroatoms. The van der Waals surface area contributed by atoms with Crippen LogP contribution in [0.5, 0.6) is 0 Å². The average Bonchev–Trinajstić information content (AvgIpc) is 3.04. The number of hydrogen-bond acceptors (Lipinski definition) is 5. The fraction of sp³-hybridized carbons (Fsp3) is 0.647. The van der Waals surface area contributed by atoms with E-state index >= 15 is 0 Å². The molecule has 4 heterocycles. The minimum atomic E-state index is -0.0670. The molecule has 3 fully saturated rings. The molecule has 0 radical (unpaired) electrons. The summed E-state index contributed by atoms with van der Waals surface area (Å²) in [4.78, 5) is 28.1. The second-order valence-electron chi connectivity index (χ2n) is 6.93. The third-order valence-electron chi connectivity index (χ3n) is 5.27.